The Hall–Kier alpha value is -0.830. The first-order valence-corrected chi connectivity index (χ1v) is 8.62. The minimum atomic E-state index is 0.661. The minimum Gasteiger partial charge on any atom is -0.314 e. The molecule has 1 nitrogen and oxygen atoms in total. The van der Waals surface area contributed by atoms with Crippen molar-refractivity contribution in [2.75, 3.05) is 6.54 Å². The average Bonchev–Trinajstić information content (AvgIpc) is 2.45. The van der Waals surface area contributed by atoms with Gasteiger partial charge in [-0.2, -0.15) is 0 Å². The Bertz CT molecular complexity index is 590. The molecule has 21 heavy (non-hydrogen) atoms. The second kappa shape index (κ2) is 6.95. The predicted octanol–water partition coefficient (Wildman–Crippen LogP) is 5.18. The molecule has 3 rings (SSSR count). The van der Waals surface area contributed by atoms with Crippen LogP contribution in [0.3, 0.4) is 0 Å². The van der Waals surface area contributed by atoms with E-state index in [1.165, 1.54) is 28.4 Å². The van der Waals surface area contributed by atoms with Gasteiger partial charge in [0.15, 0.2) is 0 Å². The van der Waals surface area contributed by atoms with Gasteiger partial charge in [-0.05, 0) is 61.1 Å². The first kappa shape index (κ1) is 15.1. The number of hydrogen-bond acceptors (Lipinski definition) is 1. The van der Waals surface area contributed by atoms with E-state index in [-0.39, 0.29) is 0 Å². The summed E-state index contributed by atoms with van der Waals surface area (Å²) in [6.07, 6.45) is 3.54. The van der Waals surface area contributed by atoms with Crippen LogP contribution in [0.25, 0.3) is 0 Å². The minimum absolute atomic E-state index is 0.661. The van der Waals surface area contributed by atoms with E-state index < -0.39 is 0 Å². The molecule has 0 heterocycles. The molecule has 0 radical (unpaired) electrons. The topological polar surface area (TPSA) is 12.0 Å². The molecule has 1 aliphatic rings. The van der Waals surface area contributed by atoms with Gasteiger partial charge >= 0.3 is 0 Å². The highest BCUT2D eigenvalue weighted by molar-refractivity contribution is 9.10. The summed E-state index contributed by atoms with van der Waals surface area (Å²) in [5.74, 6) is 0.702. The van der Waals surface area contributed by atoms with Gasteiger partial charge in [0, 0.05) is 15.5 Å². The Kier molecular flexibility index (Phi) is 4.99. The van der Waals surface area contributed by atoms with Crippen LogP contribution < -0.4 is 5.32 Å². The molecule has 1 aliphatic carbocycles. The molecule has 110 valence electrons. The Labute approximate surface area is 139 Å². The zero-order valence-electron chi connectivity index (χ0n) is 11.9. The normalized spacial score (nSPS) is 21.0. The molecule has 2 aromatic rings. The predicted molar refractivity (Wildman–Crippen MR) is 93.1 cm³/mol. The second-order valence-corrected chi connectivity index (χ2v) is 7.01. The molecule has 0 atom stereocenters. The second-order valence-electron chi connectivity index (χ2n) is 5.72. The third-order valence-electron chi connectivity index (χ3n) is 4.24. The molecular weight excluding hydrogens is 346 g/mol. The smallest absolute Gasteiger partial charge is 0.0406 e. The standard InChI is InChI=1S/C18H19BrClN/c19-18-4-2-1-3-17(18)14-11-16(12-14)21-10-9-13-5-7-15(20)8-6-13/h1-8,14,16,21H,9-12H2. The molecule has 1 saturated carbocycles. The van der Waals surface area contributed by atoms with Gasteiger partial charge in [0.25, 0.3) is 0 Å². The van der Waals surface area contributed by atoms with E-state index in [1.54, 1.807) is 0 Å². The fourth-order valence-corrected chi connectivity index (χ4v) is 3.65. The number of nitrogens with one attached hydrogen (secondary N) is 1. The van der Waals surface area contributed by atoms with Gasteiger partial charge in [-0.15, -0.1) is 0 Å². The highest BCUT2D eigenvalue weighted by Gasteiger charge is 2.30. The van der Waals surface area contributed by atoms with Crippen LogP contribution in [0.15, 0.2) is 53.0 Å². The van der Waals surface area contributed by atoms with Crippen molar-refractivity contribution in [2.45, 2.75) is 31.2 Å². The SMILES string of the molecule is Clc1ccc(CCNC2CC(c3ccccc3Br)C2)cc1. The van der Waals surface area contributed by atoms with Crippen LogP contribution in [0.2, 0.25) is 5.02 Å². The molecule has 0 aromatic heterocycles. The van der Waals surface area contributed by atoms with Crippen LogP contribution in [0.1, 0.15) is 29.9 Å². The summed E-state index contributed by atoms with van der Waals surface area (Å²) in [6.45, 7) is 1.04. The summed E-state index contributed by atoms with van der Waals surface area (Å²) >= 11 is 9.54. The number of benzene rings is 2. The van der Waals surface area contributed by atoms with Crippen LogP contribution in [0.5, 0.6) is 0 Å². The maximum Gasteiger partial charge on any atom is 0.0406 e. The summed E-state index contributed by atoms with van der Waals surface area (Å²) in [5.41, 5.74) is 2.79. The molecule has 0 aliphatic heterocycles. The number of hydrogen-bond donors (Lipinski definition) is 1. The summed E-state index contributed by atoms with van der Waals surface area (Å²) in [7, 11) is 0. The van der Waals surface area contributed by atoms with E-state index in [0.29, 0.717) is 12.0 Å². The summed E-state index contributed by atoms with van der Waals surface area (Å²) in [4.78, 5) is 0. The molecule has 0 bridgehead atoms. The summed E-state index contributed by atoms with van der Waals surface area (Å²) in [5, 5.41) is 4.46. The van der Waals surface area contributed by atoms with Gasteiger partial charge in [0.05, 0.1) is 0 Å². The lowest BCUT2D eigenvalue weighted by atomic mass is 9.76. The highest BCUT2D eigenvalue weighted by Crippen LogP contribution is 2.39. The molecular formula is C18H19BrClN. The fraction of sp³-hybridized carbons (Fsp3) is 0.333. The van der Waals surface area contributed by atoms with E-state index in [4.69, 9.17) is 11.6 Å². The molecule has 2 aromatic carbocycles. The molecule has 0 spiro atoms. The lowest BCUT2D eigenvalue weighted by Gasteiger charge is -2.37. The third kappa shape index (κ3) is 3.88. The third-order valence-corrected chi connectivity index (χ3v) is 5.22. The number of rotatable bonds is 5. The van der Waals surface area contributed by atoms with Crippen molar-refractivity contribution >= 4 is 27.5 Å². The van der Waals surface area contributed by atoms with Gasteiger partial charge in [0.1, 0.15) is 0 Å². The number of halogens is 2. The van der Waals surface area contributed by atoms with Crippen LogP contribution in [-0.2, 0) is 6.42 Å². The largest absolute Gasteiger partial charge is 0.314 e. The van der Waals surface area contributed by atoms with Crippen molar-refractivity contribution in [2.24, 2.45) is 0 Å². The molecule has 1 N–H and O–H groups in total. The van der Waals surface area contributed by atoms with Crippen molar-refractivity contribution in [1.29, 1.82) is 0 Å². The molecule has 1 fully saturated rings. The zero-order valence-corrected chi connectivity index (χ0v) is 14.2. The fourth-order valence-electron chi connectivity index (χ4n) is 2.92. The van der Waals surface area contributed by atoms with Crippen LogP contribution in [0.4, 0.5) is 0 Å². The van der Waals surface area contributed by atoms with Crippen molar-refractivity contribution < 1.29 is 0 Å². The first-order chi connectivity index (χ1) is 10.2. The zero-order chi connectivity index (χ0) is 14.7. The van der Waals surface area contributed by atoms with Crippen molar-refractivity contribution in [3.63, 3.8) is 0 Å². The maximum atomic E-state index is 5.90. The van der Waals surface area contributed by atoms with Gasteiger partial charge in [0.2, 0.25) is 0 Å². The molecule has 3 heteroatoms. The van der Waals surface area contributed by atoms with Gasteiger partial charge < -0.3 is 5.32 Å². The van der Waals surface area contributed by atoms with E-state index in [0.717, 1.165) is 18.0 Å². The van der Waals surface area contributed by atoms with Crippen LogP contribution in [0, 0.1) is 0 Å². The lowest BCUT2D eigenvalue weighted by molar-refractivity contribution is 0.292. The summed E-state index contributed by atoms with van der Waals surface area (Å²) in [6, 6.07) is 17.4. The van der Waals surface area contributed by atoms with Crippen molar-refractivity contribution in [3.8, 4) is 0 Å². The first-order valence-electron chi connectivity index (χ1n) is 7.44. The molecule has 0 saturated heterocycles. The monoisotopic (exact) mass is 363 g/mol. The van der Waals surface area contributed by atoms with Gasteiger partial charge in [-0.25, -0.2) is 0 Å². The van der Waals surface area contributed by atoms with Crippen LogP contribution in [-0.4, -0.2) is 12.6 Å². The lowest BCUT2D eigenvalue weighted by Crippen LogP contribution is -2.41. The van der Waals surface area contributed by atoms with Gasteiger partial charge in [-0.1, -0.05) is 57.9 Å². The Morgan fingerprint density at radius 2 is 1.76 bits per heavy atom. The van der Waals surface area contributed by atoms with E-state index in [2.05, 4.69) is 57.6 Å². The molecule has 0 amide bonds. The van der Waals surface area contributed by atoms with Crippen molar-refractivity contribution in [1.82, 2.24) is 5.32 Å². The maximum absolute atomic E-state index is 5.90. The van der Waals surface area contributed by atoms with Crippen LogP contribution >= 0.6 is 27.5 Å². The average molecular weight is 365 g/mol. The molecule has 0 unspecified atom stereocenters. The summed E-state index contributed by atoms with van der Waals surface area (Å²) < 4.78 is 1.25. The van der Waals surface area contributed by atoms with E-state index in [9.17, 15) is 0 Å². The quantitative estimate of drug-likeness (QED) is 0.770. The highest BCUT2D eigenvalue weighted by atomic mass is 79.9. The van der Waals surface area contributed by atoms with Gasteiger partial charge in [-0.3, -0.25) is 0 Å². The van der Waals surface area contributed by atoms with Crippen molar-refractivity contribution in [3.05, 3.63) is 69.2 Å². The Balaban J connectivity index is 1.41. The Morgan fingerprint density at radius 3 is 2.48 bits per heavy atom. The van der Waals surface area contributed by atoms with E-state index in [1.807, 2.05) is 12.1 Å². The van der Waals surface area contributed by atoms with E-state index >= 15 is 0 Å². The Morgan fingerprint density at radius 1 is 1.05 bits per heavy atom.